The summed E-state index contributed by atoms with van der Waals surface area (Å²) >= 11 is 0. The van der Waals surface area contributed by atoms with E-state index in [2.05, 4.69) is 10.1 Å². The van der Waals surface area contributed by atoms with Gasteiger partial charge in [-0.1, -0.05) is 0 Å². The van der Waals surface area contributed by atoms with Crippen LogP contribution in [-0.4, -0.2) is 26.2 Å². The number of carbonyl (C=O) groups excluding carboxylic acids is 1. The molecule has 0 saturated carbocycles. The molecular weight excluding hydrogens is 194 g/mol. The fourth-order valence-corrected chi connectivity index (χ4v) is 1.52. The molecule has 15 heavy (non-hydrogen) atoms. The highest BCUT2D eigenvalue weighted by molar-refractivity contribution is 5.91. The van der Waals surface area contributed by atoms with Gasteiger partial charge in [-0.25, -0.2) is 4.79 Å². The van der Waals surface area contributed by atoms with Gasteiger partial charge in [0, 0.05) is 6.54 Å². The molecule has 80 valence electrons. The van der Waals surface area contributed by atoms with E-state index in [4.69, 9.17) is 4.74 Å². The first-order chi connectivity index (χ1) is 7.31. The number of nitrogens with one attached hydrogen (secondary N) is 1. The fourth-order valence-electron chi connectivity index (χ4n) is 1.52. The van der Waals surface area contributed by atoms with Crippen molar-refractivity contribution in [1.82, 2.24) is 0 Å². The van der Waals surface area contributed by atoms with Crippen molar-refractivity contribution in [3.05, 3.63) is 23.8 Å². The first kappa shape index (κ1) is 9.83. The van der Waals surface area contributed by atoms with Gasteiger partial charge in [-0.3, -0.25) is 0 Å². The predicted molar refractivity (Wildman–Crippen MR) is 56.4 cm³/mol. The lowest BCUT2D eigenvalue weighted by molar-refractivity contribution is 0.0601. The molecule has 1 aromatic carbocycles. The highest BCUT2D eigenvalue weighted by Crippen LogP contribution is 2.27. The zero-order valence-electron chi connectivity index (χ0n) is 8.58. The topological polar surface area (TPSA) is 47.6 Å². The first-order valence-corrected chi connectivity index (χ1v) is 4.90. The van der Waals surface area contributed by atoms with Crippen LogP contribution in [0.5, 0.6) is 5.75 Å². The van der Waals surface area contributed by atoms with Gasteiger partial charge in [0.25, 0.3) is 0 Å². The quantitative estimate of drug-likeness (QED) is 0.711. The van der Waals surface area contributed by atoms with Crippen molar-refractivity contribution >= 4 is 11.7 Å². The molecule has 0 aromatic heterocycles. The number of fused-ring (bicyclic) bond motifs is 1. The monoisotopic (exact) mass is 207 g/mol. The number of rotatable bonds is 1. The van der Waals surface area contributed by atoms with Gasteiger partial charge in [0.15, 0.2) is 0 Å². The van der Waals surface area contributed by atoms with Gasteiger partial charge in [-0.15, -0.1) is 0 Å². The van der Waals surface area contributed by atoms with Crippen LogP contribution in [0.1, 0.15) is 16.8 Å². The second-order valence-corrected chi connectivity index (χ2v) is 3.33. The van der Waals surface area contributed by atoms with E-state index in [1.54, 1.807) is 18.2 Å². The molecule has 0 aliphatic carbocycles. The second kappa shape index (κ2) is 4.21. The molecule has 1 aliphatic heterocycles. The summed E-state index contributed by atoms with van der Waals surface area (Å²) in [4.78, 5) is 11.3. The summed E-state index contributed by atoms with van der Waals surface area (Å²) in [5.41, 5.74) is 1.39. The van der Waals surface area contributed by atoms with Crippen LogP contribution < -0.4 is 10.1 Å². The van der Waals surface area contributed by atoms with Crippen LogP contribution in [-0.2, 0) is 4.74 Å². The molecule has 0 amide bonds. The molecule has 1 heterocycles. The average molecular weight is 207 g/mol. The van der Waals surface area contributed by atoms with E-state index in [0.717, 1.165) is 24.4 Å². The number of anilines is 1. The van der Waals surface area contributed by atoms with E-state index in [-0.39, 0.29) is 5.97 Å². The molecule has 2 rings (SSSR count). The number of esters is 1. The average Bonchev–Trinajstić information content (AvgIpc) is 2.51. The van der Waals surface area contributed by atoms with Crippen molar-refractivity contribution in [2.45, 2.75) is 6.42 Å². The summed E-state index contributed by atoms with van der Waals surface area (Å²) in [6, 6.07) is 5.25. The zero-order valence-corrected chi connectivity index (χ0v) is 8.58. The maximum Gasteiger partial charge on any atom is 0.337 e. The standard InChI is InChI=1S/C11H13NO3/c1-14-11(13)8-3-4-10-9(7-8)12-5-2-6-15-10/h3-4,7,12H,2,5-6H2,1H3. The number of ether oxygens (including phenoxy) is 2. The summed E-state index contributed by atoms with van der Waals surface area (Å²) in [6.45, 7) is 1.56. The molecule has 0 saturated heterocycles. The van der Waals surface area contributed by atoms with Crippen LogP contribution in [0.4, 0.5) is 5.69 Å². The number of hydrogen-bond acceptors (Lipinski definition) is 4. The van der Waals surface area contributed by atoms with E-state index in [0.29, 0.717) is 12.2 Å². The van der Waals surface area contributed by atoms with Crippen molar-refractivity contribution in [2.75, 3.05) is 25.6 Å². The minimum Gasteiger partial charge on any atom is -0.491 e. The highest BCUT2D eigenvalue weighted by Gasteiger charge is 2.12. The third-order valence-electron chi connectivity index (χ3n) is 2.29. The Balaban J connectivity index is 2.31. The number of carbonyl (C=O) groups is 1. The van der Waals surface area contributed by atoms with Gasteiger partial charge in [0.2, 0.25) is 0 Å². The molecule has 4 heteroatoms. The van der Waals surface area contributed by atoms with Crippen LogP contribution in [0.3, 0.4) is 0 Å². The lowest BCUT2D eigenvalue weighted by atomic mass is 10.2. The molecule has 1 N–H and O–H groups in total. The van der Waals surface area contributed by atoms with Crippen LogP contribution in [0.2, 0.25) is 0 Å². The van der Waals surface area contributed by atoms with Gasteiger partial charge in [0.1, 0.15) is 5.75 Å². The van der Waals surface area contributed by atoms with E-state index in [1.165, 1.54) is 7.11 Å². The number of benzene rings is 1. The summed E-state index contributed by atoms with van der Waals surface area (Å²) in [5.74, 6) is 0.462. The third-order valence-corrected chi connectivity index (χ3v) is 2.29. The molecule has 1 aliphatic rings. The molecular formula is C11H13NO3. The largest absolute Gasteiger partial charge is 0.491 e. The Bertz CT molecular complexity index is 376. The van der Waals surface area contributed by atoms with Crippen LogP contribution in [0.15, 0.2) is 18.2 Å². The third kappa shape index (κ3) is 2.03. The Kier molecular flexibility index (Phi) is 2.76. The Labute approximate surface area is 88.2 Å². The second-order valence-electron chi connectivity index (χ2n) is 3.33. The van der Waals surface area contributed by atoms with Crippen LogP contribution >= 0.6 is 0 Å². The van der Waals surface area contributed by atoms with E-state index in [9.17, 15) is 4.79 Å². The van der Waals surface area contributed by atoms with E-state index < -0.39 is 0 Å². The Hall–Kier alpha value is -1.71. The molecule has 0 unspecified atom stereocenters. The van der Waals surface area contributed by atoms with Gasteiger partial charge in [0.05, 0.1) is 25.0 Å². The minimum atomic E-state index is -0.330. The van der Waals surface area contributed by atoms with Crippen molar-refractivity contribution in [3.63, 3.8) is 0 Å². The Morgan fingerprint density at radius 2 is 2.40 bits per heavy atom. The SMILES string of the molecule is COC(=O)c1ccc2c(c1)NCCCO2. The first-order valence-electron chi connectivity index (χ1n) is 4.90. The molecule has 0 bridgehead atoms. The number of methoxy groups -OCH3 is 1. The van der Waals surface area contributed by atoms with Gasteiger partial charge < -0.3 is 14.8 Å². The maximum atomic E-state index is 11.3. The van der Waals surface area contributed by atoms with Crippen molar-refractivity contribution in [2.24, 2.45) is 0 Å². The molecule has 0 atom stereocenters. The van der Waals surface area contributed by atoms with E-state index >= 15 is 0 Å². The van der Waals surface area contributed by atoms with Gasteiger partial charge in [-0.2, -0.15) is 0 Å². The van der Waals surface area contributed by atoms with Crippen LogP contribution in [0.25, 0.3) is 0 Å². The molecule has 0 spiro atoms. The lowest BCUT2D eigenvalue weighted by Crippen LogP contribution is -2.03. The van der Waals surface area contributed by atoms with Crippen LogP contribution in [0, 0.1) is 0 Å². The zero-order chi connectivity index (χ0) is 10.7. The van der Waals surface area contributed by atoms with Crippen molar-refractivity contribution in [3.8, 4) is 5.75 Å². The smallest absolute Gasteiger partial charge is 0.337 e. The summed E-state index contributed by atoms with van der Waals surface area (Å²) < 4.78 is 10.2. The molecule has 1 aromatic rings. The van der Waals surface area contributed by atoms with Gasteiger partial charge in [-0.05, 0) is 24.6 Å². The highest BCUT2D eigenvalue weighted by atomic mass is 16.5. The summed E-state index contributed by atoms with van der Waals surface area (Å²) in [6.07, 6.45) is 0.961. The lowest BCUT2D eigenvalue weighted by Gasteiger charge is -2.08. The normalized spacial score (nSPS) is 14.2. The predicted octanol–water partition coefficient (Wildman–Crippen LogP) is 1.67. The molecule has 0 radical (unpaired) electrons. The summed E-state index contributed by atoms with van der Waals surface area (Å²) in [5, 5.41) is 3.21. The summed E-state index contributed by atoms with van der Waals surface area (Å²) in [7, 11) is 1.37. The Morgan fingerprint density at radius 3 is 3.20 bits per heavy atom. The Morgan fingerprint density at radius 1 is 1.53 bits per heavy atom. The van der Waals surface area contributed by atoms with Gasteiger partial charge >= 0.3 is 5.97 Å². The minimum absolute atomic E-state index is 0.330. The fraction of sp³-hybridized carbons (Fsp3) is 0.364. The van der Waals surface area contributed by atoms with Crippen molar-refractivity contribution < 1.29 is 14.3 Å². The number of hydrogen-bond donors (Lipinski definition) is 1. The molecule has 4 nitrogen and oxygen atoms in total. The van der Waals surface area contributed by atoms with E-state index in [1.807, 2.05) is 0 Å². The molecule has 0 fully saturated rings. The maximum absolute atomic E-state index is 11.3. The van der Waals surface area contributed by atoms with Crippen molar-refractivity contribution in [1.29, 1.82) is 0 Å².